The van der Waals surface area contributed by atoms with Crippen molar-refractivity contribution < 1.29 is 5.11 Å². The topological polar surface area (TPSA) is 49.5 Å². The maximum Gasteiger partial charge on any atom is 0.0774 e. The van der Waals surface area contributed by atoms with Crippen molar-refractivity contribution in [3.8, 4) is 0 Å². The zero-order chi connectivity index (χ0) is 13.2. The zero-order valence-corrected chi connectivity index (χ0v) is 12.1. The highest BCUT2D eigenvalue weighted by Crippen LogP contribution is 2.33. The van der Waals surface area contributed by atoms with Crippen LogP contribution < -0.4 is 5.73 Å². The average molecular weight is 268 g/mol. The summed E-state index contributed by atoms with van der Waals surface area (Å²) in [6, 6.07) is 4.47. The molecule has 0 aliphatic heterocycles. The van der Waals surface area contributed by atoms with Crippen LogP contribution in [0.25, 0.3) is 0 Å². The second-order valence-corrected chi connectivity index (χ2v) is 6.65. The molecule has 0 bridgehead atoms. The van der Waals surface area contributed by atoms with Crippen LogP contribution in [0.4, 0.5) is 0 Å². The molecule has 0 amide bonds. The molecule has 1 saturated carbocycles. The van der Waals surface area contributed by atoms with Crippen molar-refractivity contribution in [1.29, 1.82) is 0 Å². The van der Waals surface area contributed by atoms with Gasteiger partial charge < -0.3 is 10.8 Å². The van der Waals surface area contributed by atoms with Gasteiger partial charge in [-0.3, -0.25) is 4.90 Å². The van der Waals surface area contributed by atoms with E-state index in [1.165, 1.54) is 4.88 Å². The van der Waals surface area contributed by atoms with Gasteiger partial charge in [0.15, 0.2) is 0 Å². The summed E-state index contributed by atoms with van der Waals surface area (Å²) in [6.45, 7) is 2.76. The van der Waals surface area contributed by atoms with Gasteiger partial charge in [0, 0.05) is 17.5 Å². The van der Waals surface area contributed by atoms with Crippen molar-refractivity contribution in [1.82, 2.24) is 4.90 Å². The first-order chi connectivity index (χ1) is 8.52. The minimum absolute atomic E-state index is 0.0682. The molecule has 1 heterocycles. The lowest BCUT2D eigenvalue weighted by Gasteiger charge is -2.35. The van der Waals surface area contributed by atoms with Gasteiger partial charge >= 0.3 is 0 Å². The number of aliphatic hydroxyl groups is 1. The van der Waals surface area contributed by atoms with Crippen LogP contribution in [0.5, 0.6) is 0 Å². The third-order valence-corrected chi connectivity index (χ3v) is 4.83. The highest BCUT2D eigenvalue weighted by molar-refractivity contribution is 7.10. The number of nitrogens with two attached hydrogens (primary N) is 1. The Morgan fingerprint density at radius 2 is 2.17 bits per heavy atom. The molecule has 1 aliphatic rings. The fourth-order valence-electron chi connectivity index (χ4n) is 3.09. The molecular weight excluding hydrogens is 244 g/mol. The molecule has 2 unspecified atom stereocenters. The molecule has 1 aliphatic carbocycles. The van der Waals surface area contributed by atoms with Crippen LogP contribution in [-0.4, -0.2) is 35.2 Å². The molecule has 4 heteroatoms. The lowest BCUT2D eigenvalue weighted by molar-refractivity contribution is 0.00297. The quantitative estimate of drug-likeness (QED) is 0.862. The van der Waals surface area contributed by atoms with Gasteiger partial charge in [0.25, 0.3) is 0 Å². The Hall–Kier alpha value is -0.420. The number of nitrogens with zero attached hydrogens (tertiary/aromatic N) is 1. The van der Waals surface area contributed by atoms with E-state index in [9.17, 15) is 5.11 Å². The van der Waals surface area contributed by atoms with Crippen LogP contribution in [-0.2, 0) is 0 Å². The van der Waals surface area contributed by atoms with Crippen molar-refractivity contribution >= 4 is 11.3 Å². The highest BCUT2D eigenvalue weighted by atomic mass is 32.1. The molecule has 0 radical (unpaired) electrons. The molecule has 1 aromatic heterocycles. The molecule has 3 N–H and O–H groups in total. The Balaban J connectivity index is 2.07. The SMILES string of the molecule is CC(N)C(c1cccs1)N(C)CC1(O)CCCC1. The minimum Gasteiger partial charge on any atom is -0.389 e. The first-order valence-corrected chi connectivity index (χ1v) is 7.61. The van der Waals surface area contributed by atoms with Crippen molar-refractivity contribution in [2.75, 3.05) is 13.6 Å². The van der Waals surface area contributed by atoms with Gasteiger partial charge in [-0.1, -0.05) is 18.9 Å². The number of likely N-dealkylation sites (N-methyl/N-ethyl adjacent to an activating group) is 1. The van der Waals surface area contributed by atoms with Gasteiger partial charge in [-0.25, -0.2) is 0 Å². The van der Waals surface area contributed by atoms with Gasteiger partial charge in [0.1, 0.15) is 0 Å². The maximum atomic E-state index is 10.5. The molecule has 0 spiro atoms. The summed E-state index contributed by atoms with van der Waals surface area (Å²) < 4.78 is 0. The number of rotatable bonds is 5. The van der Waals surface area contributed by atoms with Crippen molar-refractivity contribution in [2.45, 2.75) is 50.3 Å². The Kier molecular flexibility index (Phi) is 4.43. The van der Waals surface area contributed by atoms with Crippen molar-refractivity contribution in [3.63, 3.8) is 0 Å². The third kappa shape index (κ3) is 3.12. The maximum absolute atomic E-state index is 10.5. The molecular formula is C14H24N2OS. The summed E-state index contributed by atoms with van der Waals surface area (Å²) in [4.78, 5) is 3.51. The number of thiophene rings is 1. The summed E-state index contributed by atoms with van der Waals surface area (Å²) in [5.41, 5.74) is 5.63. The first-order valence-electron chi connectivity index (χ1n) is 6.73. The van der Waals surface area contributed by atoms with Gasteiger partial charge in [-0.2, -0.15) is 0 Å². The fraction of sp³-hybridized carbons (Fsp3) is 0.714. The van der Waals surface area contributed by atoms with E-state index in [0.29, 0.717) is 0 Å². The van der Waals surface area contributed by atoms with E-state index in [-0.39, 0.29) is 12.1 Å². The van der Waals surface area contributed by atoms with Gasteiger partial charge in [-0.15, -0.1) is 11.3 Å². The predicted molar refractivity (Wildman–Crippen MR) is 76.8 cm³/mol. The van der Waals surface area contributed by atoms with Crippen LogP contribution in [0, 0.1) is 0 Å². The largest absolute Gasteiger partial charge is 0.389 e. The summed E-state index contributed by atoms with van der Waals surface area (Å²) in [5, 5.41) is 12.6. The first kappa shape index (κ1) is 14.0. The van der Waals surface area contributed by atoms with Crippen LogP contribution in [0.15, 0.2) is 17.5 Å². The molecule has 102 valence electrons. The van der Waals surface area contributed by atoms with Crippen LogP contribution in [0.2, 0.25) is 0 Å². The minimum atomic E-state index is -0.501. The Morgan fingerprint density at radius 1 is 1.50 bits per heavy atom. The van der Waals surface area contributed by atoms with E-state index in [0.717, 1.165) is 32.2 Å². The average Bonchev–Trinajstić information content (AvgIpc) is 2.89. The van der Waals surface area contributed by atoms with Crippen LogP contribution >= 0.6 is 11.3 Å². The molecule has 1 fully saturated rings. The lowest BCUT2D eigenvalue weighted by atomic mass is 9.99. The fourth-order valence-corrected chi connectivity index (χ4v) is 4.10. The van der Waals surface area contributed by atoms with E-state index < -0.39 is 5.60 Å². The van der Waals surface area contributed by atoms with Gasteiger partial charge in [0.2, 0.25) is 0 Å². The Labute approximate surface area is 114 Å². The van der Waals surface area contributed by atoms with E-state index in [1.54, 1.807) is 11.3 Å². The summed E-state index contributed by atoms with van der Waals surface area (Å²) in [7, 11) is 2.07. The Morgan fingerprint density at radius 3 is 2.67 bits per heavy atom. The predicted octanol–water partition coefficient (Wildman–Crippen LogP) is 2.37. The second-order valence-electron chi connectivity index (χ2n) is 5.67. The van der Waals surface area contributed by atoms with Crippen molar-refractivity contribution in [2.24, 2.45) is 5.73 Å². The molecule has 0 aromatic carbocycles. The van der Waals surface area contributed by atoms with Crippen molar-refractivity contribution in [3.05, 3.63) is 22.4 Å². The van der Waals surface area contributed by atoms with E-state index in [1.807, 2.05) is 6.92 Å². The van der Waals surface area contributed by atoms with Gasteiger partial charge in [0.05, 0.1) is 11.6 Å². The Bertz CT molecular complexity index is 358. The molecule has 2 atom stereocenters. The second kappa shape index (κ2) is 5.70. The summed E-state index contributed by atoms with van der Waals surface area (Å²) in [6.07, 6.45) is 4.14. The standard InChI is InChI=1S/C14H24N2OS/c1-11(15)13(12-6-5-9-18-12)16(2)10-14(17)7-3-4-8-14/h5-6,9,11,13,17H,3-4,7-8,10,15H2,1-2H3. The van der Waals surface area contributed by atoms with E-state index in [2.05, 4.69) is 29.5 Å². The molecule has 0 saturated heterocycles. The van der Waals surface area contributed by atoms with E-state index >= 15 is 0 Å². The summed E-state index contributed by atoms with van der Waals surface area (Å²) >= 11 is 1.74. The molecule has 1 aromatic rings. The normalized spacial score (nSPS) is 22.3. The molecule has 18 heavy (non-hydrogen) atoms. The van der Waals surface area contributed by atoms with Crippen LogP contribution in [0.3, 0.4) is 0 Å². The smallest absolute Gasteiger partial charge is 0.0774 e. The van der Waals surface area contributed by atoms with Crippen LogP contribution in [0.1, 0.15) is 43.5 Å². The van der Waals surface area contributed by atoms with E-state index in [4.69, 9.17) is 5.73 Å². The zero-order valence-electron chi connectivity index (χ0n) is 11.3. The van der Waals surface area contributed by atoms with Gasteiger partial charge in [-0.05, 0) is 38.3 Å². The lowest BCUT2D eigenvalue weighted by Crippen LogP contribution is -2.45. The third-order valence-electron chi connectivity index (χ3n) is 3.89. The number of hydrogen-bond donors (Lipinski definition) is 2. The monoisotopic (exact) mass is 268 g/mol. The molecule has 3 nitrogen and oxygen atoms in total. The molecule has 2 rings (SSSR count). The number of hydrogen-bond acceptors (Lipinski definition) is 4. The summed E-state index contributed by atoms with van der Waals surface area (Å²) in [5.74, 6) is 0. The highest BCUT2D eigenvalue weighted by Gasteiger charge is 2.35.